The maximum atomic E-state index is 5.89. The number of fused-ring (bicyclic) bond motifs is 1. The highest BCUT2D eigenvalue weighted by atomic mass is 127. The van der Waals surface area contributed by atoms with Gasteiger partial charge in [-0.25, -0.2) is 4.99 Å². The van der Waals surface area contributed by atoms with Crippen LogP contribution in [-0.4, -0.2) is 33.7 Å². The lowest BCUT2D eigenvalue weighted by Crippen LogP contribution is -2.37. The third-order valence-corrected chi connectivity index (χ3v) is 4.23. The number of hydrogen-bond acceptors (Lipinski definition) is 4. The van der Waals surface area contributed by atoms with Crippen LogP contribution in [0, 0.1) is 6.92 Å². The fourth-order valence-electron chi connectivity index (χ4n) is 2.82. The van der Waals surface area contributed by atoms with Crippen molar-refractivity contribution >= 4 is 35.6 Å². The summed E-state index contributed by atoms with van der Waals surface area (Å²) in [5.74, 6) is 2.48. The van der Waals surface area contributed by atoms with E-state index in [2.05, 4.69) is 52.9 Å². The molecule has 1 aromatic carbocycles. The Kier molecular flexibility index (Phi) is 9.17. The first-order chi connectivity index (χ1) is 13.7. The van der Waals surface area contributed by atoms with Crippen molar-refractivity contribution < 1.29 is 4.74 Å². The summed E-state index contributed by atoms with van der Waals surface area (Å²) in [5.41, 5.74) is 3.09. The average molecular weight is 508 g/mol. The van der Waals surface area contributed by atoms with E-state index in [-0.39, 0.29) is 24.0 Å². The fraction of sp³-hybridized carbons (Fsp3) is 0.381. The van der Waals surface area contributed by atoms with Gasteiger partial charge in [0, 0.05) is 18.3 Å². The molecule has 0 saturated carbocycles. The molecule has 0 aliphatic heterocycles. The largest absolute Gasteiger partial charge is 0.493 e. The van der Waals surface area contributed by atoms with Gasteiger partial charge in [-0.15, -0.1) is 34.2 Å². The molecule has 0 aliphatic carbocycles. The minimum absolute atomic E-state index is 0. The molecule has 2 heterocycles. The number of ether oxygens (including phenoxy) is 1. The fourth-order valence-corrected chi connectivity index (χ4v) is 2.82. The standard InChI is InChI=1S/C21H28N6O.HI/c1-4-12-28-18-13-16(3)9-10-17(18)14-23-21(22-5-2)24-15-20-26-25-19-8-6-7-11-27(19)20;/h6-11,13H,4-5,12,14-15H2,1-3H3,(H2,22,23,24);1H. The maximum Gasteiger partial charge on any atom is 0.191 e. The van der Waals surface area contributed by atoms with Gasteiger partial charge in [0.1, 0.15) is 5.75 Å². The molecule has 2 N–H and O–H groups in total. The van der Waals surface area contributed by atoms with Crippen LogP contribution in [0.5, 0.6) is 5.75 Å². The van der Waals surface area contributed by atoms with Crippen LogP contribution in [0.25, 0.3) is 5.65 Å². The molecular weight excluding hydrogens is 479 g/mol. The van der Waals surface area contributed by atoms with Gasteiger partial charge in [0.05, 0.1) is 19.7 Å². The van der Waals surface area contributed by atoms with E-state index >= 15 is 0 Å². The lowest BCUT2D eigenvalue weighted by molar-refractivity contribution is 0.314. The average Bonchev–Trinajstić information content (AvgIpc) is 3.12. The van der Waals surface area contributed by atoms with Crippen molar-refractivity contribution in [1.82, 2.24) is 25.2 Å². The highest BCUT2D eigenvalue weighted by molar-refractivity contribution is 14.0. The predicted octanol–water partition coefficient (Wildman–Crippen LogP) is 3.70. The molecule has 0 spiro atoms. The molecule has 3 aromatic rings. The lowest BCUT2D eigenvalue weighted by atomic mass is 10.1. The van der Waals surface area contributed by atoms with Crippen LogP contribution < -0.4 is 15.4 Å². The van der Waals surface area contributed by atoms with E-state index in [1.165, 1.54) is 5.56 Å². The van der Waals surface area contributed by atoms with Gasteiger partial charge >= 0.3 is 0 Å². The first-order valence-corrected chi connectivity index (χ1v) is 9.74. The van der Waals surface area contributed by atoms with Gasteiger partial charge in [-0.1, -0.05) is 25.1 Å². The molecule has 0 amide bonds. The molecule has 0 bridgehead atoms. The third kappa shape index (κ3) is 6.31. The van der Waals surface area contributed by atoms with Crippen LogP contribution in [0.3, 0.4) is 0 Å². The Bertz CT molecular complexity index is 940. The van der Waals surface area contributed by atoms with Crippen LogP contribution in [0.4, 0.5) is 0 Å². The topological polar surface area (TPSA) is 75.8 Å². The van der Waals surface area contributed by atoms with Crippen molar-refractivity contribution in [2.24, 2.45) is 4.99 Å². The highest BCUT2D eigenvalue weighted by Crippen LogP contribution is 2.21. The minimum atomic E-state index is 0. The molecule has 0 aliphatic rings. The number of pyridine rings is 1. The van der Waals surface area contributed by atoms with Crippen molar-refractivity contribution in [3.8, 4) is 5.75 Å². The number of aliphatic imine (C=N–C) groups is 1. The van der Waals surface area contributed by atoms with E-state index in [9.17, 15) is 0 Å². The highest BCUT2D eigenvalue weighted by Gasteiger charge is 2.07. The Morgan fingerprint density at radius 1 is 1.14 bits per heavy atom. The molecule has 0 radical (unpaired) electrons. The molecule has 29 heavy (non-hydrogen) atoms. The lowest BCUT2D eigenvalue weighted by Gasteiger charge is -2.13. The SMILES string of the molecule is CCCOc1cc(C)ccc1CN=C(NCC)NCc1nnc2ccccn12.I. The number of benzene rings is 1. The van der Waals surface area contributed by atoms with Crippen molar-refractivity contribution in [3.05, 3.63) is 59.5 Å². The summed E-state index contributed by atoms with van der Waals surface area (Å²) in [6.07, 6.45) is 2.94. The zero-order chi connectivity index (χ0) is 19.8. The minimum Gasteiger partial charge on any atom is -0.493 e. The molecule has 0 fully saturated rings. The summed E-state index contributed by atoms with van der Waals surface area (Å²) in [6, 6.07) is 12.1. The second-order valence-electron chi connectivity index (χ2n) is 6.55. The molecule has 7 nitrogen and oxygen atoms in total. The second-order valence-corrected chi connectivity index (χ2v) is 6.55. The van der Waals surface area contributed by atoms with Crippen molar-refractivity contribution in [3.63, 3.8) is 0 Å². The van der Waals surface area contributed by atoms with E-state index < -0.39 is 0 Å². The first kappa shape index (κ1) is 22.9. The number of rotatable bonds is 8. The van der Waals surface area contributed by atoms with Crippen molar-refractivity contribution in [1.29, 1.82) is 0 Å². The quantitative estimate of drug-likeness (QED) is 0.276. The summed E-state index contributed by atoms with van der Waals surface area (Å²) >= 11 is 0. The molecule has 0 unspecified atom stereocenters. The number of nitrogens with one attached hydrogen (secondary N) is 2. The Balaban J connectivity index is 0.00000300. The zero-order valence-electron chi connectivity index (χ0n) is 17.2. The number of nitrogens with zero attached hydrogens (tertiary/aromatic N) is 4. The number of aryl methyl sites for hydroxylation is 1. The Morgan fingerprint density at radius 3 is 2.79 bits per heavy atom. The number of aromatic nitrogens is 3. The molecule has 0 saturated heterocycles. The molecular formula is C21H29IN6O. The van der Waals surface area contributed by atoms with Crippen LogP contribution in [0.1, 0.15) is 37.2 Å². The van der Waals surface area contributed by atoms with E-state index in [4.69, 9.17) is 9.73 Å². The van der Waals surface area contributed by atoms with E-state index in [1.54, 1.807) is 0 Å². The maximum absolute atomic E-state index is 5.89. The Morgan fingerprint density at radius 2 is 2.00 bits per heavy atom. The van der Waals surface area contributed by atoms with Crippen LogP contribution in [0.2, 0.25) is 0 Å². The summed E-state index contributed by atoms with van der Waals surface area (Å²) in [5, 5.41) is 15.0. The normalized spacial score (nSPS) is 11.2. The van der Waals surface area contributed by atoms with Crippen molar-refractivity contribution in [2.45, 2.75) is 40.3 Å². The smallest absolute Gasteiger partial charge is 0.191 e. The Labute approximate surface area is 189 Å². The molecule has 156 valence electrons. The molecule has 8 heteroatoms. The van der Waals surface area contributed by atoms with Gasteiger partial charge in [-0.05, 0) is 44.0 Å². The van der Waals surface area contributed by atoms with Gasteiger partial charge in [-0.3, -0.25) is 4.40 Å². The summed E-state index contributed by atoms with van der Waals surface area (Å²) < 4.78 is 7.86. The summed E-state index contributed by atoms with van der Waals surface area (Å²) in [4.78, 5) is 4.72. The van der Waals surface area contributed by atoms with Gasteiger partial charge in [0.25, 0.3) is 0 Å². The van der Waals surface area contributed by atoms with E-state index in [0.29, 0.717) is 19.7 Å². The third-order valence-electron chi connectivity index (χ3n) is 4.23. The Hall–Kier alpha value is -2.36. The number of guanidine groups is 1. The van der Waals surface area contributed by atoms with E-state index in [0.717, 1.165) is 41.7 Å². The van der Waals surface area contributed by atoms with Gasteiger partial charge in [0.15, 0.2) is 17.4 Å². The molecule has 0 atom stereocenters. The van der Waals surface area contributed by atoms with Crippen LogP contribution in [0.15, 0.2) is 47.6 Å². The monoisotopic (exact) mass is 508 g/mol. The molecule has 2 aromatic heterocycles. The van der Waals surface area contributed by atoms with Gasteiger partial charge in [-0.2, -0.15) is 0 Å². The molecule has 3 rings (SSSR count). The van der Waals surface area contributed by atoms with Gasteiger partial charge in [0.2, 0.25) is 0 Å². The number of halogens is 1. The summed E-state index contributed by atoms with van der Waals surface area (Å²) in [7, 11) is 0. The van der Waals surface area contributed by atoms with E-state index in [1.807, 2.05) is 35.7 Å². The zero-order valence-corrected chi connectivity index (χ0v) is 19.5. The first-order valence-electron chi connectivity index (χ1n) is 9.74. The number of hydrogen-bond donors (Lipinski definition) is 2. The van der Waals surface area contributed by atoms with Crippen LogP contribution >= 0.6 is 24.0 Å². The summed E-state index contributed by atoms with van der Waals surface area (Å²) in [6.45, 7) is 8.78. The van der Waals surface area contributed by atoms with Crippen LogP contribution in [-0.2, 0) is 13.1 Å². The second kappa shape index (κ2) is 11.6. The van der Waals surface area contributed by atoms with Gasteiger partial charge < -0.3 is 15.4 Å². The predicted molar refractivity (Wildman–Crippen MR) is 127 cm³/mol. The van der Waals surface area contributed by atoms with Crippen molar-refractivity contribution in [2.75, 3.05) is 13.2 Å².